The van der Waals surface area contributed by atoms with Crippen molar-refractivity contribution in [3.8, 4) is 0 Å². The molecule has 4 rings (SSSR count). The molecule has 1 saturated heterocycles. The van der Waals surface area contributed by atoms with Crippen LogP contribution in [-0.2, 0) is 6.54 Å². The summed E-state index contributed by atoms with van der Waals surface area (Å²) in [5, 5.41) is 11.8. The molecule has 2 N–H and O–H groups in total. The zero-order valence-electron chi connectivity index (χ0n) is 17.1. The summed E-state index contributed by atoms with van der Waals surface area (Å²) in [4.78, 5) is 14.0. The first-order valence-electron chi connectivity index (χ1n) is 10.7. The monoisotopic (exact) mass is 467 g/mol. The number of aromatic nitrogens is 1. The Balaban J connectivity index is 1.51. The van der Waals surface area contributed by atoms with Crippen LogP contribution in [0.2, 0.25) is 0 Å². The molecule has 2 heterocycles. The molecule has 2 aromatic carbocycles. The molecule has 0 amide bonds. The molecule has 0 saturated carbocycles. The Morgan fingerprint density at radius 2 is 1.83 bits per heavy atom. The maximum Gasteiger partial charge on any atom is 0.185 e. The number of nitrogens with zero attached hydrogens (tertiary/aromatic N) is 1. The number of rotatable bonds is 7. The number of fused-ring (bicyclic) bond motifs is 1. The van der Waals surface area contributed by atoms with Crippen molar-refractivity contribution < 1.29 is 14.8 Å². The molecule has 0 aliphatic carbocycles. The lowest BCUT2D eigenvalue weighted by molar-refractivity contribution is -0.908. The summed E-state index contributed by atoms with van der Waals surface area (Å²) in [6.07, 6.45) is 9.01. The normalized spacial score (nSPS) is 16.3. The number of hydrogen-bond acceptors (Lipinski definition) is 2. The van der Waals surface area contributed by atoms with E-state index in [9.17, 15) is 9.90 Å². The highest BCUT2D eigenvalue weighted by Gasteiger charge is 2.19. The second-order valence-electron chi connectivity index (χ2n) is 8.13. The Labute approximate surface area is 185 Å². The van der Waals surface area contributed by atoms with E-state index in [2.05, 4.69) is 32.6 Å². The van der Waals surface area contributed by atoms with Gasteiger partial charge in [-0.1, -0.05) is 34.1 Å². The van der Waals surface area contributed by atoms with Gasteiger partial charge in [0.25, 0.3) is 0 Å². The second-order valence-corrected chi connectivity index (χ2v) is 9.04. The number of likely N-dealkylation sites (tertiary alicyclic amines) is 1. The first-order chi connectivity index (χ1) is 14.6. The zero-order chi connectivity index (χ0) is 20.9. The van der Waals surface area contributed by atoms with E-state index < -0.39 is 0 Å². The molecule has 4 nitrogen and oxygen atoms in total. The van der Waals surface area contributed by atoms with Crippen molar-refractivity contribution in [2.45, 2.75) is 31.9 Å². The lowest BCUT2D eigenvalue weighted by atomic mass is 10.1. The van der Waals surface area contributed by atoms with Gasteiger partial charge in [-0.05, 0) is 61.7 Å². The Hall–Kier alpha value is -2.21. The molecule has 0 bridgehead atoms. The molecule has 1 aromatic heterocycles. The Morgan fingerprint density at radius 3 is 2.60 bits per heavy atom. The van der Waals surface area contributed by atoms with Crippen LogP contribution in [0.15, 0.2) is 65.3 Å². The average Bonchev–Trinajstić information content (AvgIpc) is 3.10. The summed E-state index contributed by atoms with van der Waals surface area (Å²) in [7, 11) is 0. The summed E-state index contributed by atoms with van der Waals surface area (Å²) in [6, 6.07) is 15.5. The summed E-state index contributed by atoms with van der Waals surface area (Å²) in [5.74, 6) is -0.0203. The Morgan fingerprint density at radius 1 is 1.10 bits per heavy atom. The third kappa shape index (κ3) is 5.09. The number of para-hydroxylation sites is 1. The van der Waals surface area contributed by atoms with Gasteiger partial charge in [0.15, 0.2) is 5.78 Å². The predicted octanol–water partition coefficient (Wildman–Crippen LogP) is 3.73. The molecule has 0 unspecified atom stereocenters. The van der Waals surface area contributed by atoms with Gasteiger partial charge >= 0.3 is 0 Å². The number of nitrogens with one attached hydrogen (secondary N) is 1. The fourth-order valence-corrected chi connectivity index (χ4v) is 4.58. The molecule has 0 spiro atoms. The highest BCUT2D eigenvalue weighted by atomic mass is 79.9. The molecular weight excluding hydrogens is 440 g/mol. The summed E-state index contributed by atoms with van der Waals surface area (Å²) in [5.41, 5.74) is 2.74. The molecule has 1 aliphatic heterocycles. The fourth-order valence-electron chi connectivity index (χ4n) is 4.32. The van der Waals surface area contributed by atoms with E-state index in [1.54, 1.807) is 6.08 Å². The zero-order valence-corrected chi connectivity index (χ0v) is 18.6. The van der Waals surface area contributed by atoms with Crippen molar-refractivity contribution in [3.05, 3.63) is 76.4 Å². The van der Waals surface area contributed by atoms with Gasteiger partial charge in [0.1, 0.15) is 12.6 Å². The smallest absolute Gasteiger partial charge is 0.185 e. The standard InChI is InChI=1S/C25H27BrN2O2/c26-21-11-8-19(9-12-21)25(30)13-10-20-16-28(24-7-3-2-6-23(20)24)18-22(29)17-27-14-4-1-5-15-27/h2-3,6-13,16,22,29H,1,4-5,14-15,17-18H2/p+1/b13-10+/t22-/m1/s1. The summed E-state index contributed by atoms with van der Waals surface area (Å²) < 4.78 is 3.07. The van der Waals surface area contributed by atoms with Crippen molar-refractivity contribution in [1.29, 1.82) is 0 Å². The van der Waals surface area contributed by atoms with Crippen LogP contribution in [0, 0.1) is 0 Å². The number of aliphatic hydroxyl groups is 1. The Kier molecular flexibility index (Phi) is 6.82. The predicted molar refractivity (Wildman–Crippen MR) is 125 cm³/mol. The molecule has 30 heavy (non-hydrogen) atoms. The molecule has 1 aliphatic rings. The molecule has 5 heteroatoms. The van der Waals surface area contributed by atoms with Gasteiger partial charge in [-0.3, -0.25) is 4.79 Å². The van der Waals surface area contributed by atoms with Gasteiger partial charge in [0, 0.05) is 32.7 Å². The van der Waals surface area contributed by atoms with Crippen LogP contribution < -0.4 is 4.90 Å². The minimum absolute atomic E-state index is 0.0203. The van der Waals surface area contributed by atoms with Crippen LogP contribution >= 0.6 is 15.9 Å². The number of carbonyl (C=O) groups is 1. The topological polar surface area (TPSA) is 46.7 Å². The average molecular weight is 468 g/mol. The number of ketones is 1. The molecular formula is C25H28BrN2O2+. The van der Waals surface area contributed by atoms with Crippen LogP contribution in [-0.4, -0.2) is 41.2 Å². The van der Waals surface area contributed by atoms with Crippen molar-refractivity contribution in [2.24, 2.45) is 0 Å². The van der Waals surface area contributed by atoms with Gasteiger partial charge < -0.3 is 14.6 Å². The van der Waals surface area contributed by atoms with Gasteiger partial charge in [-0.15, -0.1) is 0 Å². The van der Waals surface area contributed by atoms with E-state index in [1.807, 2.05) is 48.7 Å². The number of hydrogen-bond donors (Lipinski definition) is 2. The highest BCUT2D eigenvalue weighted by Crippen LogP contribution is 2.23. The first kappa shape index (κ1) is 21.0. The third-order valence-electron chi connectivity index (χ3n) is 5.85. The molecule has 0 radical (unpaired) electrons. The first-order valence-corrected chi connectivity index (χ1v) is 11.5. The van der Waals surface area contributed by atoms with E-state index in [1.165, 1.54) is 24.2 Å². The molecule has 1 fully saturated rings. The molecule has 3 aromatic rings. The highest BCUT2D eigenvalue weighted by molar-refractivity contribution is 9.10. The van der Waals surface area contributed by atoms with Crippen LogP contribution in [0.5, 0.6) is 0 Å². The minimum atomic E-state index is -0.380. The SMILES string of the molecule is O=C(/C=C/c1cn(C[C@H](O)C[NH+]2CCCCC2)c2ccccc12)c1ccc(Br)cc1. The second kappa shape index (κ2) is 9.73. The largest absolute Gasteiger partial charge is 0.385 e. The maximum absolute atomic E-state index is 12.5. The van der Waals surface area contributed by atoms with Gasteiger partial charge in [-0.2, -0.15) is 0 Å². The molecule has 1 atom stereocenters. The number of allylic oxidation sites excluding steroid dienone is 1. The number of halogens is 1. The van der Waals surface area contributed by atoms with Crippen molar-refractivity contribution in [2.75, 3.05) is 19.6 Å². The van der Waals surface area contributed by atoms with E-state index in [-0.39, 0.29) is 11.9 Å². The number of piperidine rings is 1. The lowest BCUT2D eigenvalue weighted by Gasteiger charge is -2.25. The van der Waals surface area contributed by atoms with Crippen LogP contribution in [0.1, 0.15) is 35.2 Å². The number of benzene rings is 2. The summed E-state index contributed by atoms with van der Waals surface area (Å²) >= 11 is 3.40. The summed E-state index contributed by atoms with van der Waals surface area (Å²) in [6.45, 7) is 3.68. The third-order valence-corrected chi connectivity index (χ3v) is 6.38. The van der Waals surface area contributed by atoms with Crippen molar-refractivity contribution >= 4 is 38.7 Å². The van der Waals surface area contributed by atoms with E-state index >= 15 is 0 Å². The van der Waals surface area contributed by atoms with E-state index in [4.69, 9.17) is 0 Å². The van der Waals surface area contributed by atoms with Crippen molar-refractivity contribution in [1.82, 2.24) is 4.57 Å². The van der Waals surface area contributed by atoms with Gasteiger partial charge in [0.05, 0.1) is 19.6 Å². The van der Waals surface area contributed by atoms with Crippen LogP contribution in [0.3, 0.4) is 0 Å². The van der Waals surface area contributed by atoms with Crippen LogP contribution in [0.25, 0.3) is 17.0 Å². The lowest BCUT2D eigenvalue weighted by Crippen LogP contribution is -3.13. The fraction of sp³-hybridized carbons (Fsp3) is 0.320. The number of carbonyl (C=O) groups excluding carboxylic acids is 1. The van der Waals surface area contributed by atoms with Gasteiger partial charge in [-0.25, -0.2) is 0 Å². The number of aliphatic hydroxyl groups excluding tert-OH is 1. The molecule has 156 valence electrons. The minimum Gasteiger partial charge on any atom is -0.385 e. The number of quaternary nitrogens is 1. The van der Waals surface area contributed by atoms with Crippen LogP contribution in [0.4, 0.5) is 0 Å². The quantitative estimate of drug-likeness (QED) is 0.410. The van der Waals surface area contributed by atoms with Gasteiger partial charge in [0.2, 0.25) is 0 Å². The van der Waals surface area contributed by atoms with E-state index in [0.717, 1.165) is 40.6 Å². The van der Waals surface area contributed by atoms with Crippen molar-refractivity contribution in [3.63, 3.8) is 0 Å². The maximum atomic E-state index is 12.5. The van der Waals surface area contributed by atoms with E-state index in [0.29, 0.717) is 12.1 Å². The Bertz CT molecular complexity index is 1030.